The number of likely N-dealkylation sites (N-methyl/N-ethyl adjacent to an activating group) is 1. The minimum atomic E-state index is -0.267. The first-order chi connectivity index (χ1) is 15.4. The summed E-state index contributed by atoms with van der Waals surface area (Å²) in [6.45, 7) is 5.72. The molecule has 9 nitrogen and oxygen atoms in total. The van der Waals surface area contributed by atoms with Crippen molar-refractivity contribution >= 4 is 11.8 Å². The highest BCUT2D eigenvalue weighted by atomic mass is 16.5. The number of ether oxygens (including phenoxy) is 1. The number of aliphatic hydroxyl groups excluding tert-OH is 1. The minimum Gasteiger partial charge on any atom is -0.394 e. The van der Waals surface area contributed by atoms with Crippen molar-refractivity contribution in [2.24, 2.45) is 11.8 Å². The van der Waals surface area contributed by atoms with Crippen LogP contribution in [0.5, 0.6) is 0 Å². The topological polar surface area (TPSA) is 101 Å². The summed E-state index contributed by atoms with van der Waals surface area (Å²) in [5, 5.41) is 17.8. The summed E-state index contributed by atoms with van der Waals surface area (Å²) in [6.07, 6.45) is 7.87. The second-order valence-electron chi connectivity index (χ2n) is 9.51. The average Bonchev–Trinajstić information content (AvgIpc) is 3.25. The zero-order chi connectivity index (χ0) is 23.1. The summed E-state index contributed by atoms with van der Waals surface area (Å²) in [5.74, 6) is 0.299. The maximum Gasteiger partial charge on any atom is 0.225 e. The number of hydrogen-bond acceptors (Lipinski definition) is 6. The summed E-state index contributed by atoms with van der Waals surface area (Å²) in [4.78, 5) is 29.5. The number of carbonyl (C=O) groups is 2. The second kappa shape index (κ2) is 11.7. The number of carbonyl (C=O) groups excluding carboxylic acids is 2. The van der Waals surface area contributed by atoms with Gasteiger partial charge in [0.2, 0.25) is 11.8 Å². The van der Waals surface area contributed by atoms with Crippen molar-refractivity contribution in [1.82, 2.24) is 24.8 Å². The lowest BCUT2D eigenvalue weighted by Gasteiger charge is -2.36. The summed E-state index contributed by atoms with van der Waals surface area (Å²) in [6, 6.07) is -0.267. The highest BCUT2D eigenvalue weighted by molar-refractivity contribution is 5.78. The van der Waals surface area contributed by atoms with Gasteiger partial charge in [-0.15, -0.1) is 5.10 Å². The van der Waals surface area contributed by atoms with Crippen molar-refractivity contribution in [2.75, 3.05) is 26.7 Å². The monoisotopic (exact) mass is 449 g/mol. The molecule has 1 aliphatic carbocycles. The molecule has 1 fully saturated rings. The van der Waals surface area contributed by atoms with Crippen molar-refractivity contribution < 1.29 is 19.4 Å². The normalized spacial score (nSPS) is 24.9. The molecule has 2 heterocycles. The van der Waals surface area contributed by atoms with E-state index in [1.54, 1.807) is 20.7 Å². The van der Waals surface area contributed by atoms with E-state index in [1.807, 2.05) is 14.0 Å². The van der Waals surface area contributed by atoms with Crippen LogP contribution < -0.4 is 0 Å². The SMILES string of the molecule is C[C@@H]1CN([C@H](C)CO)C(=O)CCCn2nncc2CO[C@H]1CN(C)C(=O)C1CCCCC1. The lowest BCUT2D eigenvalue weighted by atomic mass is 9.88. The van der Waals surface area contributed by atoms with Crippen LogP contribution in [0.1, 0.15) is 64.5 Å². The molecular formula is C23H39N5O4. The zero-order valence-corrected chi connectivity index (χ0v) is 19.8. The van der Waals surface area contributed by atoms with E-state index >= 15 is 0 Å². The molecule has 2 aliphatic rings. The molecule has 1 aromatic heterocycles. The Morgan fingerprint density at radius 3 is 2.78 bits per heavy atom. The third-order valence-electron chi connectivity index (χ3n) is 6.92. The Hall–Kier alpha value is -2.00. The van der Waals surface area contributed by atoms with Gasteiger partial charge in [0.05, 0.1) is 37.3 Å². The standard InChI is InChI=1S/C23H39N5O4/c1-17-13-27(18(2)15-29)22(30)10-7-11-28-20(12-24-25-28)16-32-21(17)14-26(3)23(31)19-8-5-4-6-9-19/h12,17-19,21,29H,4-11,13-16H2,1-3H3/t17-,18-,21+/m1/s1. The van der Waals surface area contributed by atoms with E-state index in [4.69, 9.17) is 4.74 Å². The predicted octanol–water partition coefficient (Wildman–Crippen LogP) is 1.84. The molecule has 1 aromatic rings. The molecule has 1 N–H and O–H groups in total. The molecular weight excluding hydrogens is 410 g/mol. The average molecular weight is 450 g/mol. The van der Waals surface area contributed by atoms with Crippen molar-refractivity contribution in [3.63, 3.8) is 0 Å². The van der Waals surface area contributed by atoms with E-state index < -0.39 is 0 Å². The van der Waals surface area contributed by atoms with E-state index in [0.717, 1.165) is 31.4 Å². The Morgan fingerprint density at radius 1 is 1.31 bits per heavy atom. The van der Waals surface area contributed by atoms with Crippen LogP contribution in [0.2, 0.25) is 0 Å². The Kier molecular flexibility index (Phi) is 9.04. The van der Waals surface area contributed by atoms with Gasteiger partial charge < -0.3 is 19.6 Å². The number of rotatable bonds is 5. The number of fused-ring (bicyclic) bond motifs is 1. The summed E-state index contributed by atoms with van der Waals surface area (Å²) in [7, 11) is 1.86. The molecule has 1 aliphatic heterocycles. The van der Waals surface area contributed by atoms with E-state index in [2.05, 4.69) is 17.2 Å². The molecule has 3 rings (SSSR count). The van der Waals surface area contributed by atoms with Crippen molar-refractivity contribution in [3.05, 3.63) is 11.9 Å². The van der Waals surface area contributed by atoms with Gasteiger partial charge in [-0.05, 0) is 26.2 Å². The van der Waals surface area contributed by atoms with Gasteiger partial charge in [0.1, 0.15) is 0 Å². The molecule has 0 bridgehead atoms. The Balaban J connectivity index is 1.77. The molecule has 0 aromatic carbocycles. The zero-order valence-electron chi connectivity index (χ0n) is 19.8. The van der Waals surface area contributed by atoms with Crippen LogP contribution in [0.15, 0.2) is 6.20 Å². The first-order valence-corrected chi connectivity index (χ1v) is 12.0. The number of nitrogens with zero attached hydrogens (tertiary/aromatic N) is 5. The van der Waals surface area contributed by atoms with Crippen LogP contribution in [0.25, 0.3) is 0 Å². The third kappa shape index (κ3) is 6.28. The van der Waals surface area contributed by atoms with Crippen molar-refractivity contribution in [3.8, 4) is 0 Å². The lowest BCUT2D eigenvalue weighted by Crippen LogP contribution is -2.48. The summed E-state index contributed by atoms with van der Waals surface area (Å²) < 4.78 is 8.11. The maximum absolute atomic E-state index is 13.0. The Bertz CT molecular complexity index is 749. The van der Waals surface area contributed by atoms with Gasteiger partial charge in [0.25, 0.3) is 0 Å². The second-order valence-corrected chi connectivity index (χ2v) is 9.51. The first-order valence-electron chi connectivity index (χ1n) is 12.0. The molecule has 0 spiro atoms. The quantitative estimate of drug-likeness (QED) is 0.736. The van der Waals surface area contributed by atoms with Gasteiger partial charge in [0.15, 0.2) is 0 Å². The number of aryl methyl sites for hydroxylation is 1. The van der Waals surface area contributed by atoms with Gasteiger partial charge >= 0.3 is 0 Å². The number of aromatic nitrogens is 3. The molecule has 0 saturated heterocycles. The van der Waals surface area contributed by atoms with E-state index in [1.165, 1.54) is 6.42 Å². The van der Waals surface area contributed by atoms with Crippen LogP contribution >= 0.6 is 0 Å². The van der Waals surface area contributed by atoms with Gasteiger partial charge in [-0.25, -0.2) is 4.68 Å². The van der Waals surface area contributed by atoms with Gasteiger partial charge in [0, 0.05) is 44.9 Å². The largest absolute Gasteiger partial charge is 0.394 e. The molecule has 32 heavy (non-hydrogen) atoms. The fourth-order valence-electron chi connectivity index (χ4n) is 4.77. The summed E-state index contributed by atoms with van der Waals surface area (Å²) in [5.41, 5.74) is 0.872. The van der Waals surface area contributed by atoms with Crippen LogP contribution in [-0.4, -0.2) is 80.6 Å². The van der Waals surface area contributed by atoms with Gasteiger partial charge in [-0.1, -0.05) is 31.4 Å². The third-order valence-corrected chi connectivity index (χ3v) is 6.92. The fourth-order valence-corrected chi connectivity index (χ4v) is 4.77. The van der Waals surface area contributed by atoms with E-state index in [9.17, 15) is 14.7 Å². The van der Waals surface area contributed by atoms with Crippen LogP contribution in [-0.2, 0) is 27.5 Å². The number of hydrogen-bond donors (Lipinski definition) is 1. The highest BCUT2D eigenvalue weighted by Gasteiger charge is 2.31. The van der Waals surface area contributed by atoms with Crippen LogP contribution in [0.3, 0.4) is 0 Å². The Labute approximate surface area is 191 Å². The Morgan fingerprint density at radius 2 is 2.06 bits per heavy atom. The van der Waals surface area contributed by atoms with Gasteiger partial charge in [-0.3, -0.25) is 9.59 Å². The lowest BCUT2D eigenvalue weighted by molar-refractivity contribution is -0.140. The van der Waals surface area contributed by atoms with Gasteiger partial charge in [-0.2, -0.15) is 0 Å². The smallest absolute Gasteiger partial charge is 0.225 e. The van der Waals surface area contributed by atoms with E-state index in [0.29, 0.717) is 39.1 Å². The molecule has 0 radical (unpaired) electrons. The maximum atomic E-state index is 13.0. The minimum absolute atomic E-state index is 0.0155. The fraction of sp³-hybridized carbons (Fsp3) is 0.826. The molecule has 0 unspecified atom stereocenters. The number of aliphatic hydroxyl groups is 1. The van der Waals surface area contributed by atoms with Crippen molar-refractivity contribution in [2.45, 2.75) is 84.1 Å². The van der Waals surface area contributed by atoms with Crippen LogP contribution in [0.4, 0.5) is 0 Å². The first kappa shape index (κ1) is 24.6. The van der Waals surface area contributed by atoms with E-state index in [-0.39, 0.29) is 42.4 Å². The molecule has 1 saturated carbocycles. The van der Waals surface area contributed by atoms with Crippen LogP contribution in [0, 0.1) is 11.8 Å². The predicted molar refractivity (Wildman–Crippen MR) is 119 cm³/mol. The molecule has 9 heteroatoms. The number of amides is 2. The molecule has 2 amide bonds. The highest BCUT2D eigenvalue weighted by Crippen LogP contribution is 2.26. The summed E-state index contributed by atoms with van der Waals surface area (Å²) >= 11 is 0. The molecule has 3 atom stereocenters. The van der Waals surface area contributed by atoms with Crippen molar-refractivity contribution in [1.29, 1.82) is 0 Å². The molecule has 180 valence electrons.